The third-order valence-corrected chi connectivity index (χ3v) is 4.10. The number of benzene rings is 2. The summed E-state index contributed by atoms with van der Waals surface area (Å²) < 4.78 is 0. The minimum atomic E-state index is 0.459. The van der Waals surface area contributed by atoms with Crippen LogP contribution in [-0.2, 0) is 0 Å². The van der Waals surface area contributed by atoms with Gasteiger partial charge in [-0.25, -0.2) is 0 Å². The summed E-state index contributed by atoms with van der Waals surface area (Å²) in [7, 11) is 0. The summed E-state index contributed by atoms with van der Waals surface area (Å²) in [4.78, 5) is 2.41. The first kappa shape index (κ1) is 16.4. The largest absolute Gasteiger partial charge is 0.399 e. The predicted molar refractivity (Wildman–Crippen MR) is 97.7 cm³/mol. The first-order valence-corrected chi connectivity index (χ1v) is 8.42. The molecule has 0 amide bonds. The number of hydrogen-bond donors (Lipinski definition) is 1. The molecule has 1 unspecified atom stereocenters. The lowest BCUT2D eigenvalue weighted by atomic mass is 10.1. The molecule has 22 heavy (non-hydrogen) atoms. The molecule has 0 radical (unpaired) electrons. The van der Waals surface area contributed by atoms with Crippen molar-refractivity contribution in [2.24, 2.45) is 0 Å². The Bertz CT molecular complexity index is 551. The molecule has 2 rings (SSSR count). The second-order valence-electron chi connectivity index (χ2n) is 6.00. The van der Waals surface area contributed by atoms with Gasteiger partial charge in [0.25, 0.3) is 0 Å². The molecule has 0 aliphatic rings. The maximum Gasteiger partial charge on any atom is 0.0433 e. The molecule has 1 atom stereocenters. The first-order chi connectivity index (χ1) is 10.7. The Kier molecular flexibility index (Phi) is 6.32. The number of nitrogens with zero attached hydrogens (tertiary/aromatic N) is 1. The highest BCUT2D eigenvalue weighted by atomic mass is 15.2. The van der Waals surface area contributed by atoms with E-state index in [-0.39, 0.29) is 0 Å². The summed E-state index contributed by atoms with van der Waals surface area (Å²) in [5.74, 6) is 0. The van der Waals surface area contributed by atoms with E-state index >= 15 is 0 Å². The van der Waals surface area contributed by atoms with Crippen molar-refractivity contribution in [3.05, 3.63) is 54.6 Å². The topological polar surface area (TPSA) is 29.3 Å². The van der Waals surface area contributed by atoms with Gasteiger partial charge in [-0.1, -0.05) is 56.9 Å². The molecular formula is C20H28N2. The van der Waals surface area contributed by atoms with Gasteiger partial charge in [-0.3, -0.25) is 0 Å². The zero-order valence-corrected chi connectivity index (χ0v) is 13.8. The number of hydrogen-bond acceptors (Lipinski definition) is 2. The number of rotatable bonds is 8. The van der Waals surface area contributed by atoms with Gasteiger partial charge in [0.2, 0.25) is 0 Å². The van der Waals surface area contributed by atoms with Gasteiger partial charge in [0.15, 0.2) is 0 Å². The minimum Gasteiger partial charge on any atom is -0.399 e. The Morgan fingerprint density at radius 2 is 1.64 bits per heavy atom. The van der Waals surface area contributed by atoms with E-state index in [0.29, 0.717) is 6.04 Å². The van der Waals surface area contributed by atoms with Crippen molar-refractivity contribution >= 4 is 17.1 Å². The van der Waals surface area contributed by atoms with Crippen molar-refractivity contribution in [3.63, 3.8) is 0 Å². The third-order valence-electron chi connectivity index (χ3n) is 4.10. The number of anilines is 3. The van der Waals surface area contributed by atoms with Gasteiger partial charge in [0.1, 0.15) is 0 Å². The second-order valence-corrected chi connectivity index (χ2v) is 6.00. The van der Waals surface area contributed by atoms with Crippen LogP contribution in [0.3, 0.4) is 0 Å². The van der Waals surface area contributed by atoms with E-state index in [1.165, 1.54) is 43.5 Å². The summed E-state index contributed by atoms with van der Waals surface area (Å²) in [6.45, 7) is 4.56. The Morgan fingerprint density at radius 3 is 2.32 bits per heavy atom. The van der Waals surface area contributed by atoms with Crippen molar-refractivity contribution in [1.82, 2.24) is 0 Å². The van der Waals surface area contributed by atoms with E-state index < -0.39 is 0 Å². The molecule has 0 bridgehead atoms. The van der Waals surface area contributed by atoms with Crippen LogP contribution in [0, 0.1) is 0 Å². The van der Waals surface area contributed by atoms with Crippen LogP contribution in [0.5, 0.6) is 0 Å². The lowest BCUT2D eigenvalue weighted by Gasteiger charge is -2.32. The molecule has 0 aromatic heterocycles. The van der Waals surface area contributed by atoms with Gasteiger partial charge < -0.3 is 10.6 Å². The van der Waals surface area contributed by atoms with E-state index in [4.69, 9.17) is 5.73 Å². The molecule has 0 aliphatic heterocycles. The molecule has 2 aromatic rings. The number of nitrogens with two attached hydrogens (primary N) is 1. The maximum absolute atomic E-state index is 5.99. The zero-order chi connectivity index (χ0) is 15.8. The molecule has 2 aromatic carbocycles. The average molecular weight is 296 g/mol. The van der Waals surface area contributed by atoms with Crippen LogP contribution in [0.4, 0.5) is 17.1 Å². The van der Waals surface area contributed by atoms with Gasteiger partial charge in [-0.05, 0) is 43.7 Å². The zero-order valence-electron chi connectivity index (χ0n) is 13.8. The van der Waals surface area contributed by atoms with Crippen LogP contribution in [-0.4, -0.2) is 6.04 Å². The van der Waals surface area contributed by atoms with Gasteiger partial charge in [-0.15, -0.1) is 0 Å². The van der Waals surface area contributed by atoms with E-state index in [1.54, 1.807) is 0 Å². The molecule has 0 fully saturated rings. The summed E-state index contributed by atoms with van der Waals surface area (Å²) in [6.07, 6.45) is 6.41. The molecule has 2 nitrogen and oxygen atoms in total. The van der Waals surface area contributed by atoms with Crippen molar-refractivity contribution in [2.45, 2.75) is 52.0 Å². The fourth-order valence-corrected chi connectivity index (χ4v) is 2.92. The van der Waals surface area contributed by atoms with Crippen molar-refractivity contribution in [2.75, 3.05) is 10.6 Å². The number of unbranched alkanes of at least 4 members (excludes halogenated alkanes) is 3. The summed E-state index contributed by atoms with van der Waals surface area (Å²) >= 11 is 0. The Labute approximate surface area is 135 Å². The minimum absolute atomic E-state index is 0.459. The van der Waals surface area contributed by atoms with E-state index in [2.05, 4.69) is 61.2 Å². The molecular weight excluding hydrogens is 268 g/mol. The van der Waals surface area contributed by atoms with Gasteiger partial charge in [-0.2, -0.15) is 0 Å². The lowest BCUT2D eigenvalue weighted by molar-refractivity contribution is 0.567. The molecule has 0 saturated carbocycles. The predicted octanol–water partition coefficient (Wildman–Crippen LogP) is 5.77. The monoisotopic (exact) mass is 296 g/mol. The normalized spacial score (nSPS) is 12.1. The van der Waals surface area contributed by atoms with Crippen molar-refractivity contribution in [1.29, 1.82) is 0 Å². The van der Waals surface area contributed by atoms with Crippen molar-refractivity contribution in [3.8, 4) is 0 Å². The van der Waals surface area contributed by atoms with Crippen LogP contribution >= 0.6 is 0 Å². The van der Waals surface area contributed by atoms with Crippen LogP contribution in [0.1, 0.15) is 46.0 Å². The summed E-state index contributed by atoms with van der Waals surface area (Å²) in [5.41, 5.74) is 9.21. The van der Waals surface area contributed by atoms with E-state index in [0.717, 1.165) is 5.69 Å². The van der Waals surface area contributed by atoms with E-state index in [9.17, 15) is 0 Å². The third kappa shape index (κ3) is 4.52. The molecule has 2 heteroatoms. The summed E-state index contributed by atoms with van der Waals surface area (Å²) in [5, 5.41) is 0. The Morgan fingerprint density at radius 1 is 0.909 bits per heavy atom. The maximum atomic E-state index is 5.99. The second kappa shape index (κ2) is 8.47. The SMILES string of the molecule is CCCCCCC(C)N(c1ccccc1)c1cccc(N)c1. The molecule has 0 heterocycles. The van der Waals surface area contributed by atoms with Crippen LogP contribution in [0.25, 0.3) is 0 Å². The molecule has 0 spiro atoms. The van der Waals surface area contributed by atoms with Gasteiger partial charge in [0.05, 0.1) is 0 Å². The smallest absolute Gasteiger partial charge is 0.0433 e. The summed E-state index contributed by atoms with van der Waals surface area (Å²) in [6, 6.07) is 19.2. The highest BCUT2D eigenvalue weighted by molar-refractivity contribution is 5.67. The number of para-hydroxylation sites is 1. The fourth-order valence-electron chi connectivity index (χ4n) is 2.92. The average Bonchev–Trinajstić information content (AvgIpc) is 2.53. The highest BCUT2D eigenvalue weighted by Crippen LogP contribution is 2.30. The molecule has 2 N–H and O–H groups in total. The highest BCUT2D eigenvalue weighted by Gasteiger charge is 2.16. The molecule has 118 valence electrons. The lowest BCUT2D eigenvalue weighted by Crippen LogP contribution is -2.28. The van der Waals surface area contributed by atoms with Gasteiger partial charge in [0, 0.05) is 23.1 Å². The van der Waals surface area contributed by atoms with Crippen LogP contribution < -0.4 is 10.6 Å². The van der Waals surface area contributed by atoms with Crippen LogP contribution in [0.2, 0.25) is 0 Å². The first-order valence-electron chi connectivity index (χ1n) is 8.42. The Balaban J connectivity index is 2.18. The van der Waals surface area contributed by atoms with Crippen molar-refractivity contribution < 1.29 is 0 Å². The van der Waals surface area contributed by atoms with E-state index in [1.807, 2.05) is 12.1 Å². The quantitative estimate of drug-likeness (QED) is 0.495. The van der Waals surface area contributed by atoms with Gasteiger partial charge >= 0.3 is 0 Å². The molecule has 0 saturated heterocycles. The molecule has 0 aliphatic carbocycles. The fraction of sp³-hybridized carbons (Fsp3) is 0.400. The Hall–Kier alpha value is -1.96. The number of nitrogen functional groups attached to an aromatic ring is 1. The standard InChI is InChI=1S/C20H28N2/c1-3-4-5-7-11-17(2)22(19-13-8-6-9-14-19)20-15-10-12-18(21)16-20/h6,8-10,12-17H,3-5,7,11,21H2,1-2H3. The van der Waals surface area contributed by atoms with Crippen LogP contribution in [0.15, 0.2) is 54.6 Å².